The molecule has 1 aliphatic rings. The van der Waals surface area contributed by atoms with Gasteiger partial charge in [-0.25, -0.2) is 12.8 Å². The second-order valence-electron chi connectivity index (χ2n) is 4.84. The van der Waals surface area contributed by atoms with E-state index in [-0.39, 0.29) is 17.1 Å². The molecule has 1 aromatic rings. The highest BCUT2D eigenvalue weighted by Crippen LogP contribution is 2.23. The first-order valence-corrected chi connectivity index (χ1v) is 7.41. The van der Waals surface area contributed by atoms with Gasteiger partial charge >= 0.3 is 0 Å². The van der Waals surface area contributed by atoms with Gasteiger partial charge in [0.15, 0.2) is 9.84 Å². The van der Waals surface area contributed by atoms with Gasteiger partial charge in [0, 0.05) is 0 Å². The van der Waals surface area contributed by atoms with Crippen molar-refractivity contribution in [1.29, 1.82) is 0 Å². The molecule has 1 unspecified atom stereocenters. The van der Waals surface area contributed by atoms with Crippen molar-refractivity contribution in [3.63, 3.8) is 0 Å². The lowest BCUT2D eigenvalue weighted by molar-refractivity contribution is 0.0911. The number of halogens is 1. The van der Waals surface area contributed by atoms with E-state index in [0.717, 1.165) is 0 Å². The second kappa shape index (κ2) is 4.35. The van der Waals surface area contributed by atoms with Crippen LogP contribution in [0.3, 0.4) is 0 Å². The van der Waals surface area contributed by atoms with Crippen LogP contribution in [0.4, 0.5) is 4.39 Å². The fraction of sp³-hybridized carbons (Fsp3) is 0.417. The fourth-order valence-electron chi connectivity index (χ4n) is 2.10. The monoisotopic (exact) mass is 271 g/mol. The van der Waals surface area contributed by atoms with Crippen LogP contribution in [-0.2, 0) is 9.84 Å². The van der Waals surface area contributed by atoms with E-state index in [1.54, 1.807) is 13.0 Å². The number of amides is 1. The maximum Gasteiger partial charge on any atom is 0.254 e. The highest BCUT2D eigenvalue weighted by atomic mass is 32.2. The minimum atomic E-state index is -3.10. The Hall–Kier alpha value is -1.43. The van der Waals surface area contributed by atoms with Crippen molar-refractivity contribution in [2.75, 3.05) is 11.5 Å². The number of carbonyl (C=O) groups excluding carboxylic acids is 1. The van der Waals surface area contributed by atoms with Gasteiger partial charge in [0.25, 0.3) is 5.91 Å². The molecule has 0 aliphatic carbocycles. The number of hydrogen-bond donors (Lipinski definition) is 1. The first-order chi connectivity index (χ1) is 8.31. The molecule has 1 N–H and O–H groups in total. The Kier molecular flexibility index (Phi) is 3.14. The van der Waals surface area contributed by atoms with E-state index in [0.29, 0.717) is 6.42 Å². The first kappa shape index (κ1) is 13.0. The molecule has 1 atom stereocenters. The Bertz CT molecular complexity index is 585. The number of carbonyl (C=O) groups is 1. The number of hydrogen-bond acceptors (Lipinski definition) is 3. The Morgan fingerprint density at radius 2 is 2.06 bits per heavy atom. The molecule has 1 fully saturated rings. The molecular weight excluding hydrogens is 257 g/mol. The van der Waals surface area contributed by atoms with Gasteiger partial charge < -0.3 is 5.32 Å². The molecule has 1 aliphatic heterocycles. The molecule has 2 rings (SSSR count). The maximum absolute atomic E-state index is 13.4. The smallest absolute Gasteiger partial charge is 0.254 e. The topological polar surface area (TPSA) is 63.2 Å². The second-order valence-corrected chi connectivity index (χ2v) is 7.02. The average molecular weight is 271 g/mol. The molecule has 0 bridgehead atoms. The van der Waals surface area contributed by atoms with Crippen LogP contribution in [0.5, 0.6) is 0 Å². The van der Waals surface area contributed by atoms with Crippen LogP contribution in [0.25, 0.3) is 0 Å². The highest BCUT2D eigenvalue weighted by molar-refractivity contribution is 7.91. The molecule has 1 aromatic carbocycles. The summed E-state index contributed by atoms with van der Waals surface area (Å²) >= 11 is 0. The predicted octanol–water partition coefficient (Wildman–Crippen LogP) is 1.13. The zero-order chi connectivity index (χ0) is 13.4. The standard InChI is InChI=1S/C12H14FNO3S/c1-12(6-7-18(16,17)8-12)14-11(15)9-4-2-3-5-10(9)13/h2-5H,6-8H2,1H3,(H,14,15). The van der Waals surface area contributed by atoms with E-state index in [9.17, 15) is 17.6 Å². The van der Waals surface area contributed by atoms with Gasteiger partial charge in [-0.05, 0) is 25.5 Å². The van der Waals surface area contributed by atoms with Crippen molar-refractivity contribution >= 4 is 15.7 Å². The Labute approximate surface area is 105 Å². The lowest BCUT2D eigenvalue weighted by atomic mass is 10.0. The van der Waals surface area contributed by atoms with Crippen molar-refractivity contribution in [2.24, 2.45) is 0 Å². The Balaban J connectivity index is 2.16. The first-order valence-electron chi connectivity index (χ1n) is 5.59. The third-order valence-corrected chi connectivity index (χ3v) is 4.94. The van der Waals surface area contributed by atoms with Crippen molar-refractivity contribution in [1.82, 2.24) is 5.32 Å². The number of benzene rings is 1. The average Bonchev–Trinajstić information content (AvgIpc) is 2.53. The molecule has 98 valence electrons. The quantitative estimate of drug-likeness (QED) is 0.877. The van der Waals surface area contributed by atoms with Crippen molar-refractivity contribution < 1.29 is 17.6 Å². The lowest BCUT2D eigenvalue weighted by Crippen LogP contribution is -2.47. The van der Waals surface area contributed by atoms with Crippen molar-refractivity contribution in [2.45, 2.75) is 18.9 Å². The number of rotatable bonds is 2. The van der Waals surface area contributed by atoms with E-state index in [2.05, 4.69) is 5.32 Å². The van der Waals surface area contributed by atoms with Gasteiger partial charge in [-0.15, -0.1) is 0 Å². The molecule has 0 saturated carbocycles. The molecule has 1 saturated heterocycles. The van der Waals surface area contributed by atoms with Crippen LogP contribution >= 0.6 is 0 Å². The Morgan fingerprint density at radius 1 is 1.39 bits per heavy atom. The van der Waals surface area contributed by atoms with E-state index in [4.69, 9.17) is 0 Å². The molecule has 0 aromatic heterocycles. The maximum atomic E-state index is 13.4. The predicted molar refractivity (Wildman–Crippen MR) is 65.5 cm³/mol. The molecule has 18 heavy (non-hydrogen) atoms. The number of sulfone groups is 1. The normalized spacial score (nSPS) is 25.9. The van der Waals surface area contributed by atoms with Gasteiger partial charge in [-0.3, -0.25) is 4.79 Å². The molecular formula is C12H14FNO3S. The third-order valence-electron chi connectivity index (χ3n) is 3.04. The number of nitrogens with one attached hydrogen (secondary N) is 1. The summed E-state index contributed by atoms with van der Waals surface area (Å²) in [5.41, 5.74) is -0.874. The van der Waals surface area contributed by atoms with E-state index in [1.165, 1.54) is 18.2 Å². The summed E-state index contributed by atoms with van der Waals surface area (Å²) in [6, 6.07) is 5.62. The summed E-state index contributed by atoms with van der Waals surface area (Å²) in [5, 5.41) is 2.61. The van der Waals surface area contributed by atoms with E-state index >= 15 is 0 Å². The SMILES string of the molecule is CC1(NC(=O)c2ccccc2F)CCS(=O)(=O)C1. The molecule has 4 nitrogen and oxygen atoms in total. The van der Waals surface area contributed by atoms with E-state index in [1.807, 2.05) is 0 Å². The summed E-state index contributed by atoms with van der Waals surface area (Å²) in [6.07, 6.45) is 0.357. The van der Waals surface area contributed by atoms with Gasteiger partial charge in [0.05, 0.1) is 22.6 Å². The summed E-state index contributed by atoms with van der Waals surface area (Å²) in [7, 11) is -3.10. The van der Waals surface area contributed by atoms with Gasteiger partial charge in [0.1, 0.15) is 5.82 Å². The van der Waals surface area contributed by atoms with Gasteiger partial charge in [0.2, 0.25) is 0 Å². The molecule has 6 heteroatoms. The van der Waals surface area contributed by atoms with Gasteiger partial charge in [-0.1, -0.05) is 12.1 Å². The summed E-state index contributed by atoms with van der Waals surface area (Å²) in [6.45, 7) is 1.66. The summed E-state index contributed by atoms with van der Waals surface area (Å²) in [5.74, 6) is -1.23. The van der Waals surface area contributed by atoms with Crippen LogP contribution < -0.4 is 5.32 Å². The van der Waals surface area contributed by atoms with Gasteiger partial charge in [-0.2, -0.15) is 0 Å². The van der Waals surface area contributed by atoms with Crippen LogP contribution in [0.1, 0.15) is 23.7 Å². The largest absolute Gasteiger partial charge is 0.346 e. The van der Waals surface area contributed by atoms with Crippen LogP contribution in [0, 0.1) is 5.82 Å². The van der Waals surface area contributed by atoms with Crippen LogP contribution in [0.2, 0.25) is 0 Å². The zero-order valence-corrected chi connectivity index (χ0v) is 10.8. The van der Waals surface area contributed by atoms with Crippen molar-refractivity contribution in [3.05, 3.63) is 35.6 Å². The highest BCUT2D eigenvalue weighted by Gasteiger charge is 2.39. The summed E-state index contributed by atoms with van der Waals surface area (Å²) in [4.78, 5) is 11.9. The van der Waals surface area contributed by atoms with Crippen LogP contribution in [-0.4, -0.2) is 31.4 Å². The minimum Gasteiger partial charge on any atom is -0.346 e. The fourth-order valence-corrected chi connectivity index (χ4v) is 4.19. The third kappa shape index (κ3) is 2.69. The Morgan fingerprint density at radius 3 is 2.61 bits per heavy atom. The zero-order valence-electron chi connectivity index (χ0n) is 9.94. The molecule has 1 amide bonds. The minimum absolute atomic E-state index is 0.0566. The van der Waals surface area contributed by atoms with Crippen LogP contribution in [0.15, 0.2) is 24.3 Å². The molecule has 1 heterocycles. The van der Waals surface area contributed by atoms with Crippen molar-refractivity contribution in [3.8, 4) is 0 Å². The lowest BCUT2D eigenvalue weighted by Gasteiger charge is -2.23. The summed E-state index contributed by atoms with van der Waals surface area (Å²) < 4.78 is 36.2. The molecule has 0 spiro atoms. The van der Waals surface area contributed by atoms with E-state index < -0.39 is 27.1 Å². The molecule has 0 radical (unpaired) electrons.